The Hall–Kier alpha value is -1.25. The van der Waals surface area contributed by atoms with E-state index in [1.807, 2.05) is 6.07 Å². The molecule has 2 heterocycles. The molecule has 0 aliphatic carbocycles. The molecular weight excluding hydrogens is 202 g/mol. The van der Waals surface area contributed by atoms with Crippen LogP contribution in [0.5, 0.6) is 0 Å². The molecule has 0 spiro atoms. The maximum Gasteiger partial charge on any atom is 0.196 e. The predicted molar refractivity (Wildman–Crippen MR) is 63.9 cm³/mol. The van der Waals surface area contributed by atoms with Gasteiger partial charge in [-0.1, -0.05) is 6.92 Å². The number of furan rings is 1. The number of hydrogen-bond acceptors (Lipinski definition) is 3. The van der Waals surface area contributed by atoms with Crippen LogP contribution in [0.1, 0.15) is 43.7 Å². The van der Waals surface area contributed by atoms with Gasteiger partial charge in [0.2, 0.25) is 0 Å². The Labute approximate surface area is 96.4 Å². The molecule has 1 unspecified atom stereocenters. The molecule has 0 saturated carbocycles. The minimum Gasteiger partial charge on any atom is -0.437 e. The van der Waals surface area contributed by atoms with Crippen molar-refractivity contribution in [1.29, 1.82) is 0 Å². The van der Waals surface area contributed by atoms with Crippen LogP contribution in [-0.2, 0) is 0 Å². The SMILES string of the molecule is CC(=O)c1ccc(N2CCCC(C)CC2)o1. The molecule has 1 aromatic heterocycles. The fraction of sp³-hybridized carbons (Fsp3) is 0.615. The van der Waals surface area contributed by atoms with Crippen LogP contribution in [0.4, 0.5) is 5.88 Å². The van der Waals surface area contributed by atoms with E-state index in [-0.39, 0.29) is 5.78 Å². The molecule has 16 heavy (non-hydrogen) atoms. The molecule has 0 radical (unpaired) electrons. The molecule has 1 atom stereocenters. The Balaban J connectivity index is 2.07. The highest BCUT2D eigenvalue weighted by molar-refractivity contribution is 5.91. The molecule has 1 aliphatic heterocycles. The molecular formula is C13H19NO2. The zero-order chi connectivity index (χ0) is 11.5. The largest absolute Gasteiger partial charge is 0.437 e. The van der Waals surface area contributed by atoms with Crippen LogP contribution in [0.3, 0.4) is 0 Å². The number of ketones is 1. The summed E-state index contributed by atoms with van der Waals surface area (Å²) in [6.07, 6.45) is 3.70. The molecule has 0 bridgehead atoms. The molecule has 2 rings (SSSR count). The molecule has 1 saturated heterocycles. The Morgan fingerprint density at radius 3 is 2.88 bits per heavy atom. The average Bonchev–Trinajstić information content (AvgIpc) is 2.63. The number of Topliss-reactive ketones (excluding diaryl/α,β-unsaturated/α-hetero) is 1. The zero-order valence-electron chi connectivity index (χ0n) is 10.0. The summed E-state index contributed by atoms with van der Waals surface area (Å²) in [5.74, 6) is 2.10. The highest BCUT2D eigenvalue weighted by Crippen LogP contribution is 2.24. The minimum atomic E-state index is -0.00515. The van der Waals surface area contributed by atoms with Crippen molar-refractivity contribution in [3.05, 3.63) is 17.9 Å². The molecule has 1 fully saturated rings. The Morgan fingerprint density at radius 1 is 1.38 bits per heavy atom. The minimum absolute atomic E-state index is 0.00515. The number of rotatable bonds is 2. The van der Waals surface area contributed by atoms with Crippen molar-refractivity contribution in [2.24, 2.45) is 5.92 Å². The summed E-state index contributed by atoms with van der Waals surface area (Å²) in [6.45, 7) is 5.90. The van der Waals surface area contributed by atoms with Crippen molar-refractivity contribution in [1.82, 2.24) is 0 Å². The van der Waals surface area contributed by atoms with Crippen molar-refractivity contribution < 1.29 is 9.21 Å². The van der Waals surface area contributed by atoms with E-state index in [0.717, 1.165) is 24.9 Å². The van der Waals surface area contributed by atoms with Crippen LogP contribution < -0.4 is 4.90 Å². The first kappa shape index (κ1) is 11.2. The quantitative estimate of drug-likeness (QED) is 0.719. The van der Waals surface area contributed by atoms with Gasteiger partial charge in [-0.3, -0.25) is 4.79 Å². The van der Waals surface area contributed by atoms with Crippen LogP contribution in [0, 0.1) is 5.92 Å². The highest BCUT2D eigenvalue weighted by atomic mass is 16.4. The Kier molecular flexibility index (Phi) is 3.32. The number of carbonyl (C=O) groups is 1. The van der Waals surface area contributed by atoms with E-state index in [0.29, 0.717) is 5.76 Å². The van der Waals surface area contributed by atoms with Gasteiger partial charge in [-0.15, -0.1) is 0 Å². The number of carbonyl (C=O) groups excluding carboxylic acids is 1. The van der Waals surface area contributed by atoms with Gasteiger partial charge in [0.1, 0.15) is 0 Å². The number of nitrogens with zero attached hydrogens (tertiary/aromatic N) is 1. The lowest BCUT2D eigenvalue weighted by Crippen LogP contribution is -2.23. The van der Waals surface area contributed by atoms with Crippen LogP contribution in [0.25, 0.3) is 0 Å². The first-order chi connectivity index (χ1) is 7.66. The van der Waals surface area contributed by atoms with E-state index in [9.17, 15) is 4.79 Å². The highest BCUT2D eigenvalue weighted by Gasteiger charge is 2.17. The summed E-state index contributed by atoms with van der Waals surface area (Å²) in [7, 11) is 0. The molecule has 1 aromatic rings. The lowest BCUT2D eigenvalue weighted by Gasteiger charge is -2.19. The summed E-state index contributed by atoms with van der Waals surface area (Å²) in [5.41, 5.74) is 0. The zero-order valence-corrected chi connectivity index (χ0v) is 10.0. The lowest BCUT2D eigenvalue weighted by molar-refractivity contribution is 0.0987. The third-order valence-corrected chi connectivity index (χ3v) is 3.27. The molecule has 3 nitrogen and oxygen atoms in total. The third-order valence-electron chi connectivity index (χ3n) is 3.27. The first-order valence-electron chi connectivity index (χ1n) is 6.02. The van der Waals surface area contributed by atoms with Gasteiger partial charge in [-0.05, 0) is 31.2 Å². The molecule has 1 aliphatic rings. The maximum atomic E-state index is 11.1. The topological polar surface area (TPSA) is 33.5 Å². The van der Waals surface area contributed by atoms with Gasteiger partial charge >= 0.3 is 0 Å². The predicted octanol–water partition coefficient (Wildman–Crippen LogP) is 3.11. The van der Waals surface area contributed by atoms with E-state index >= 15 is 0 Å². The average molecular weight is 221 g/mol. The van der Waals surface area contributed by atoms with Crippen molar-refractivity contribution in [3.63, 3.8) is 0 Å². The second-order valence-electron chi connectivity index (χ2n) is 4.72. The van der Waals surface area contributed by atoms with Crippen molar-refractivity contribution in [2.75, 3.05) is 18.0 Å². The first-order valence-corrected chi connectivity index (χ1v) is 6.02. The molecule has 0 amide bonds. The standard InChI is InChI=1S/C13H19NO2/c1-10-4-3-8-14(9-7-10)13-6-5-12(16-13)11(2)15/h5-6,10H,3-4,7-9H2,1-2H3. The van der Waals surface area contributed by atoms with Crippen molar-refractivity contribution in [3.8, 4) is 0 Å². The van der Waals surface area contributed by atoms with Gasteiger partial charge in [-0.25, -0.2) is 0 Å². The monoisotopic (exact) mass is 221 g/mol. The maximum absolute atomic E-state index is 11.1. The van der Waals surface area contributed by atoms with Crippen LogP contribution in [0.15, 0.2) is 16.5 Å². The smallest absolute Gasteiger partial charge is 0.196 e. The Bertz CT molecular complexity index is 370. The molecule has 0 N–H and O–H groups in total. The van der Waals surface area contributed by atoms with Gasteiger partial charge in [0.25, 0.3) is 0 Å². The van der Waals surface area contributed by atoms with Crippen LogP contribution >= 0.6 is 0 Å². The third kappa shape index (κ3) is 2.46. The number of hydrogen-bond donors (Lipinski definition) is 0. The summed E-state index contributed by atoms with van der Waals surface area (Å²) in [5, 5.41) is 0. The van der Waals surface area contributed by atoms with E-state index in [1.165, 1.54) is 26.2 Å². The summed E-state index contributed by atoms with van der Waals surface area (Å²) in [6, 6.07) is 3.68. The number of anilines is 1. The van der Waals surface area contributed by atoms with Gasteiger partial charge in [-0.2, -0.15) is 0 Å². The van der Waals surface area contributed by atoms with E-state index in [1.54, 1.807) is 6.07 Å². The van der Waals surface area contributed by atoms with Gasteiger partial charge < -0.3 is 9.32 Å². The normalized spacial score (nSPS) is 21.9. The molecule has 0 aromatic carbocycles. The fourth-order valence-electron chi connectivity index (χ4n) is 2.17. The molecule has 88 valence electrons. The summed E-state index contributed by atoms with van der Waals surface area (Å²) >= 11 is 0. The summed E-state index contributed by atoms with van der Waals surface area (Å²) in [4.78, 5) is 13.4. The van der Waals surface area contributed by atoms with Gasteiger partial charge in [0.05, 0.1) is 0 Å². The van der Waals surface area contributed by atoms with Gasteiger partial charge in [0, 0.05) is 26.1 Å². The van der Waals surface area contributed by atoms with E-state index in [2.05, 4.69) is 11.8 Å². The van der Waals surface area contributed by atoms with Gasteiger partial charge in [0.15, 0.2) is 17.4 Å². The van der Waals surface area contributed by atoms with Crippen molar-refractivity contribution >= 4 is 11.7 Å². The second kappa shape index (κ2) is 4.73. The van der Waals surface area contributed by atoms with E-state index < -0.39 is 0 Å². The lowest BCUT2D eigenvalue weighted by atomic mass is 10.0. The fourth-order valence-corrected chi connectivity index (χ4v) is 2.17. The van der Waals surface area contributed by atoms with E-state index in [4.69, 9.17) is 4.42 Å². The van der Waals surface area contributed by atoms with Crippen LogP contribution in [0.2, 0.25) is 0 Å². The Morgan fingerprint density at radius 2 is 2.19 bits per heavy atom. The second-order valence-corrected chi connectivity index (χ2v) is 4.72. The van der Waals surface area contributed by atoms with Crippen LogP contribution in [-0.4, -0.2) is 18.9 Å². The van der Waals surface area contributed by atoms with Crippen molar-refractivity contribution in [2.45, 2.75) is 33.1 Å². The summed E-state index contributed by atoms with van der Waals surface area (Å²) < 4.78 is 5.55. The molecule has 3 heteroatoms.